The minimum Gasteiger partial charge on any atom is -0.481 e. The lowest BCUT2D eigenvalue weighted by Gasteiger charge is -2.13. The molecule has 1 aromatic heterocycles. The van der Waals surface area contributed by atoms with Gasteiger partial charge < -0.3 is 9.67 Å². The number of fused-ring (bicyclic) bond motifs is 1. The molecule has 1 unspecified atom stereocenters. The highest BCUT2D eigenvalue weighted by molar-refractivity contribution is 5.76. The van der Waals surface area contributed by atoms with Crippen LogP contribution < -0.4 is 0 Å². The molecule has 1 saturated carbocycles. The van der Waals surface area contributed by atoms with Gasteiger partial charge in [0.05, 0.1) is 17.5 Å². The second-order valence-corrected chi connectivity index (χ2v) is 5.38. The monoisotopic (exact) mass is 258 g/mol. The van der Waals surface area contributed by atoms with Crippen molar-refractivity contribution in [3.8, 4) is 0 Å². The Morgan fingerprint density at radius 1 is 1.47 bits per heavy atom. The molecule has 4 heteroatoms. The molecular formula is C15H18N2O2. The minimum absolute atomic E-state index is 0.144. The van der Waals surface area contributed by atoms with Crippen LogP contribution in [0.4, 0.5) is 0 Å². The van der Waals surface area contributed by atoms with Crippen LogP contribution in [0.25, 0.3) is 11.0 Å². The zero-order valence-corrected chi connectivity index (χ0v) is 11.0. The normalized spacial score (nSPS) is 16.7. The van der Waals surface area contributed by atoms with Crippen LogP contribution in [0.15, 0.2) is 24.3 Å². The van der Waals surface area contributed by atoms with Gasteiger partial charge in [-0.15, -0.1) is 0 Å². The molecule has 0 radical (unpaired) electrons. The van der Waals surface area contributed by atoms with Crippen LogP contribution in [0.3, 0.4) is 0 Å². The molecule has 1 aliphatic rings. The topological polar surface area (TPSA) is 55.1 Å². The summed E-state index contributed by atoms with van der Waals surface area (Å²) in [6.07, 6.45) is 2.68. The maximum absolute atomic E-state index is 10.8. The van der Waals surface area contributed by atoms with Crippen LogP contribution in [0.1, 0.15) is 37.9 Å². The van der Waals surface area contributed by atoms with Gasteiger partial charge in [0, 0.05) is 12.5 Å². The summed E-state index contributed by atoms with van der Waals surface area (Å²) < 4.78 is 2.09. The van der Waals surface area contributed by atoms with Crippen molar-refractivity contribution in [3.05, 3.63) is 30.1 Å². The largest absolute Gasteiger partial charge is 0.481 e. The van der Waals surface area contributed by atoms with E-state index in [-0.39, 0.29) is 6.42 Å². The number of carbonyl (C=O) groups is 1. The summed E-state index contributed by atoms with van der Waals surface area (Å²) >= 11 is 0. The number of carboxylic acid groups (broad SMARTS) is 1. The van der Waals surface area contributed by atoms with Crippen molar-refractivity contribution < 1.29 is 9.90 Å². The number of para-hydroxylation sites is 2. The third-order valence-electron chi connectivity index (χ3n) is 3.97. The first-order chi connectivity index (χ1) is 9.16. The van der Waals surface area contributed by atoms with Crippen LogP contribution >= 0.6 is 0 Å². The number of nitrogens with zero attached hydrogens (tertiary/aromatic N) is 2. The number of aryl methyl sites for hydroxylation is 1. The molecule has 1 N–H and O–H groups in total. The summed E-state index contributed by atoms with van der Waals surface area (Å²) in [7, 11) is 0. The summed E-state index contributed by atoms with van der Waals surface area (Å²) in [6.45, 7) is 2.71. The Balaban J connectivity index is 2.02. The summed E-state index contributed by atoms with van der Waals surface area (Å²) in [5, 5.41) is 8.90. The van der Waals surface area contributed by atoms with Crippen molar-refractivity contribution in [2.45, 2.75) is 38.6 Å². The molecular weight excluding hydrogens is 240 g/mol. The molecule has 0 amide bonds. The van der Waals surface area contributed by atoms with Crippen LogP contribution in [-0.4, -0.2) is 20.6 Å². The van der Waals surface area contributed by atoms with Crippen molar-refractivity contribution in [1.82, 2.24) is 9.55 Å². The second-order valence-electron chi connectivity index (χ2n) is 5.38. The van der Waals surface area contributed by atoms with Crippen molar-refractivity contribution in [2.75, 3.05) is 0 Å². The standard InChI is InChI=1S/C15H18N2O2/c1-10(11-6-7-11)15-16-12-4-2-3-5-13(12)17(15)9-8-14(18)19/h2-5,10-11H,6-9H2,1H3,(H,18,19). The lowest BCUT2D eigenvalue weighted by molar-refractivity contribution is -0.137. The van der Waals surface area contributed by atoms with Gasteiger partial charge in [-0.1, -0.05) is 19.1 Å². The van der Waals surface area contributed by atoms with E-state index in [0.29, 0.717) is 12.5 Å². The number of hydrogen-bond acceptors (Lipinski definition) is 2. The zero-order chi connectivity index (χ0) is 13.4. The molecule has 4 nitrogen and oxygen atoms in total. The van der Waals surface area contributed by atoms with E-state index in [2.05, 4.69) is 11.5 Å². The van der Waals surface area contributed by atoms with Gasteiger partial charge in [0.2, 0.25) is 0 Å². The fraction of sp³-hybridized carbons (Fsp3) is 0.467. The third-order valence-corrected chi connectivity index (χ3v) is 3.97. The maximum Gasteiger partial charge on any atom is 0.305 e. The molecule has 100 valence electrons. The average Bonchev–Trinajstić information content (AvgIpc) is 3.17. The third kappa shape index (κ3) is 2.35. The van der Waals surface area contributed by atoms with E-state index in [1.54, 1.807) is 0 Å². The van der Waals surface area contributed by atoms with Crippen molar-refractivity contribution in [2.24, 2.45) is 5.92 Å². The van der Waals surface area contributed by atoms with Gasteiger partial charge in [-0.3, -0.25) is 4.79 Å². The highest BCUT2D eigenvalue weighted by Gasteiger charge is 2.32. The summed E-state index contributed by atoms with van der Waals surface area (Å²) in [5.41, 5.74) is 2.02. The minimum atomic E-state index is -0.761. The number of carboxylic acids is 1. The quantitative estimate of drug-likeness (QED) is 0.896. The molecule has 0 aliphatic heterocycles. The van der Waals surface area contributed by atoms with Crippen LogP contribution in [-0.2, 0) is 11.3 Å². The maximum atomic E-state index is 10.8. The first kappa shape index (κ1) is 12.2. The Bertz CT molecular complexity index is 614. The number of hydrogen-bond donors (Lipinski definition) is 1. The highest BCUT2D eigenvalue weighted by atomic mass is 16.4. The highest BCUT2D eigenvalue weighted by Crippen LogP contribution is 2.42. The molecule has 3 rings (SSSR count). The van der Waals surface area contributed by atoms with Crippen LogP contribution in [0.2, 0.25) is 0 Å². The summed E-state index contributed by atoms with van der Waals surface area (Å²) in [6, 6.07) is 7.97. The van der Waals surface area contributed by atoms with Crippen molar-refractivity contribution in [3.63, 3.8) is 0 Å². The lowest BCUT2D eigenvalue weighted by atomic mass is 10.1. The predicted molar refractivity (Wildman–Crippen MR) is 73.1 cm³/mol. The molecule has 1 atom stereocenters. The fourth-order valence-electron chi connectivity index (χ4n) is 2.69. The predicted octanol–water partition coefficient (Wildman–Crippen LogP) is 3.02. The molecule has 0 bridgehead atoms. The van der Waals surface area contributed by atoms with E-state index in [0.717, 1.165) is 22.8 Å². The summed E-state index contributed by atoms with van der Waals surface area (Å²) in [5.74, 6) is 1.43. The van der Waals surface area contributed by atoms with Gasteiger partial charge in [0.15, 0.2) is 0 Å². The Kier molecular flexibility index (Phi) is 3.01. The first-order valence-corrected chi connectivity index (χ1v) is 6.84. The van der Waals surface area contributed by atoms with Gasteiger partial charge in [0.25, 0.3) is 0 Å². The van der Waals surface area contributed by atoms with E-state index in [1.807, 2.05) is 24.3 Å². The lowest BCUT2D eigenvalue weighted by Crippen LogP contribution is -2.11. The molecule has 0 spiro atoms. The average molecular weight is 258 g/mol. The Hall–Kier alpha value is -1.84. The van der Waals surface area contributed by atoms with Crippen LogP contribution in [0, 0.1) is 5.92 Å². The van der Waals surface area contributed by atoms with Gasteiger partial charge in [-0.05, 0) is 30.9 Å². The first-order valence-electron chi connectivity index (χ1n) is 6.84. The SMILES string of the molecule is CC(c1nc2ccccc2n1CCC(=O)O)C1CC1. The van der Waals surface area contributed by atoms with Crippen molar-refractivity contribution >= 4 is 17.0 Å². The molecule has 1 heterocycles. The van der Waals surface area contributed by atoms with Gasteiger partial charge in [-0.25, -0.2) is 4.98 Å². The molecule has 1 aromatic carbocycles. The molecule has 1 aliphatic carbocycles. The molecule has 1 fully saturated rings. The van der Waals surface area contributed by atoms with Gasteiger partial charge >= 0.3 is 5.97 Å². The number of imidazole rings is 1. The van der Waals surface area contributed by atoms with E-state index in [1.165, 1.54) is 12.8 Å². The van der Waals surface area contributed by atoms with Crippen LogP contribution in [0.5, 0.6) is 0 Å². The van der Waals surface area contributed by atoms with Gasteiger partial charge in [-0.2, -0.15) is 0 Å². The zero-order valence-electron chi connectivity index (χ0n) is 11.0. The number of aromatic nitrogens is 2. The smallest absolute Gasteiger partial charge is 0.305 e. The number of rotatable bonds is 5. The van der Waals surface area contributed by atoms with E-state index >= 15 is 0 Å². The molecule has 0 saturated heterocycles. The van der Waals surface area contributed by atoms with Gasteiger partial charge in [0.1, 0.15) is 5.82 Å². The number of aliphatic carboxylic acids is 1. The van der Waals surface area contributed by atoms with E-state index in [4.69, 9.17) is 10.1 Å². The van der Waals surface area contributed by atoms with E-state index < -0.39 is 5.97 Å². The Labute approximate surface area is 112 Å². The Morgan fingerprint density at radius 3 is 2.89 bits per heavy atom. The van der Waals surface area contributed by atoms with Crippen molar-refractivity contribution in [1.29, 1.82) is 0 Å². The molecule has 2 aromatic rings. The fourth-order valence-corrected chi connectivity index (χ4v) is 2.69. The summed E-state index contributed by atoms with van der Waals surface area (Å²) in [4.78, 5) is 15.5. The number of benzene rings is 1. The molecule has 19 heavy (non-hydrogen) atoms. The Morgan fingerprint density at radius 2 is 2.21 bits per heavy atom. The second kappa shape index (κ2) is 4.68. The van der Waals surface area contributed by atoms with E-state index in [9.17, 15) is 4.79 Å².